The van der Waals surface area contributed by atoms with Gasteiger partial charge in [-0.3, -0.25) is 4.79 Å². The van der Waals surface area contributed by atoms with Gasteiger partial charge in [-0.2, -0.15) is 5.26 Å². The van der Waals surface area contributed by atoms with E-state index in [1.165, 1.54) is 12.0 Å². The lowest BCUT2D eigenvalue weighted by Crippen LogP contribution is -2.35. The van der Waals surface area contributed by atoms with Crippen molar-refractivity contribution >= 4 is 29.2 Å². The summed E-state index contributed by atoms with van der Waals surface area (Å²) in [5, 5.41) is 9.47. The molecular formula is C20H19ClN2O4. The number of hydrogen-bond donors (Lipinski definition) is 0. The van der Waals surface area contributed by atoms with Crippen LogP contribution in [-0.2, 0) is 9.53 Å². The van der Waals surface area contributed by atoms with E-state index in [1.807, 2.05) is 13.0 Å². The second-order valence-corrected chi connectivity index (χ2v) is 6.10. The lowest BCUT2D eigenvalue weighted by molar-refractivity contribution is -0.120. The Kier molecular flexibility index (Phi) is 7.21. The maximum absolute atomic E-state index is 12.6. The summed E-state index contributed by atoms with van der Waals surface area (Å²) < 4.78 is 10.2. The zero-order valence-corrected chi connectivity index (χ0v) is 15.8. The van der Waals surface area contributed by atoms with E-state index >= 15 is 0 Å². The third-order valence-corrected chi connectivity index (χ3v) is 4.26. The molecule has 2 aromatic carbocycles. The summed E-state index contributed by atoms with van der Waals surface area (Å²) in [5.41, 5.74) is 1.88. The molecule has 6 nitrogen and oxygen atoms in total. The van der Waals surface area contributed by atoms with Crippen LogP contribution in [0.15, 0.2) is 42.5 Å². The van der Waals surface area contributed by atoms with Gasteiger partial charge in [0.25, 0.3) is 5.91 Å². The molecule has 2 rings (SSSR count). The number of ether oxygens (including phenoxy) is 2. The fourth-order valence-corrected chi connectivity index (χ4v) is 2.50. The summed E-state index contributed by atoms with van der Waals surface area (Å²) in [7, 11) is 1.31. The Bertz CT molecular complexity index is 859. The van der Waals surface area contributed by atoms with E-state index in [2.05, 4.69) is 4.74 Å². The minimum atomic E-state index is -0.446. The van der Waals surface area contributed by atoms with Crippen molar-refractivity contribution in [2.24, 2.45) is 0 Å². The van der Waals surface area contributed by atoms with Crippen molar-refractivity contribution in [1.82, 2.24) is 0 Å². The number of benzene rings is 2. The average Bonchev–Trinajstić information content (AvgIpc) is 2.69. The van der Waals surface area contributed by atoms with Crippen molar-refractivity contribution in [3.63, 3.8) is 0 Å². The standard InChI is InChI=1S/C20H19ClN2O4/c1-14-12-16(6-9-18(14)21)23(11-3-10-22)19(24)13-27-17-7-4-15(5-8-17)20(25)26-2/h4-9,12H,3,11,13H2,1-2H3. The SMILES string of the molecule is COC(=O)c1ccc(OCC(=O)N(CCC#N)c2ccc(Cl)c(C)c2)cc1. The number of halogens is 1. The first kappa shape index (κ1) is 20.3. The van der Waals surface area contributed by atoms with E-state index in [0.29, 0.717) is 22.0 Å². The smallest absolute Gasteiger partial charge is 0.337 e. The molecule has 0 bridgehead atoms. The number of carbonyl (C=O) groups is 2. The van der Waals surface area contributed by atoms with Crippen molar-refractivity contribution < 1.29 is 19.1 Å². The van der Waals surface area contributed by atoms with Crippen LogP contribution in [0, 0.1) is 18.3 Å². The highest BCUT2D eigenvalue weighted by Gasteiger charge is 2.17. The number of methoxy groups -OCH3 is 1. The Balaban J connectivity index is 2.08. The molecular weight excluding hydrogens is 368 g/mol. The molecule has 7 heteroatoms. The molecule has 0 aliphatic heterocycles. The molecule has 1 amide bonds. The molecule has 0 saturated heterocycles. The number of hydrogen-bond acceptors (Lipinski definition) is 5. The van der Waals surface area contributed by atoms with Crippen LogP contribution in [0.4, 0.5) is 5.69 Å². The third-order valence-electron chi connectivity index (χ3n) is 3.84. The molecule has 2 aromatic rings. The number of aryl methyl sites for hydroxylation is 1. The maximum atomic E-state index is 12.6. The monoisotopic (exact) mass is 386 g/mol. The number of nitrogens with zero attached hydrogens (tertiary/aromatic N) is 2. The first-order valence-corrected chi connectivity index (χ1v) is 8.58. The van der Waals surface area contributed by atoms with Crippen LogP contribution in [0.3, 0.4) is 0 Å². The lowest BCUT2D eigenvalue weighted by atomic mass is 10.2. The van der Waals surface area contributed by atoms with Crippen LogP contribution in [0.5, 0.6) is 5.75 Å². The molecule has 27 heavy (non-hydrogen) atoms. The van der Waals surface area contributed by atoms with Crippen molar-refractivity contribution in [3.8, 4) is 11.8 Å². The van der Waals surface area contributed by atoms with Gasteiger partial charge in [0.05, 0.1) is 25.2 Å². The average molecular weight is 387 g/mol. The van der Waals surface area contributed by atoms with Crippen LogP contribution in [0.2, 0.25) is 5.02 Å². The highest BCUT2D eigenvalue weighted by Crippen LogP contribution is 2.23. The number of amides is 1. The predicted molar refractivity (Wildman–Crippen MR) is 102 cm³/mol. The molecule has 0 aliphatic carbocycles. The number of nitriles is 1. The molecule has 0 radical (unpaired) electrons. The van der Waals surface area contributed by atoms with E-state index in [-0.39, 0.29) is 25.5 Å². The Morgan fingerprint density at radius 3 is 2.48 bits per heavy atom. The van der Waals surface area contributed by atoms with Gasteiger partial charge in [0.15, 0.2) is 6.61 Å². The molecule has 0 spiro atoms. The largest absolute Gasteiger partial charge is 0.484 e. The second kappa shape index (κ2) is 9.60. The van der Waals surface area contributed by atoms with Crippen molar-refractivity contribution in [2.75, 3.05) is 25.2 Å². The minimum Gasteiger partial charge on any atom is -0.484 e. The van der Waals surface area contributed by atoms with Crippen molar-refractivity contribution in [2.45, 2.75) is 13.3 Å². The second-order valence-electron chi connectivity index (χ2n) is 5.69. The first-order valence-electron chi connectivity index (χ1n) is 8.21. The maximum Gasteiger partial charge on any atom is 0.337 e. The van der Waals surface area contributed by atoms with Crippen LogP contribution in [-0.4, -0.2) is 32.1 Å². The molecule has 0 aliphatic rings. The van der Waals surface area contributed by atoms with E-state index in [0.717, 1.165) is 5.56 Å². The molecule has 140 valence electrons. The van der Waals surface area contributed by atoms with Gasteiger partial charge in [-0.25, -0.2) is 4.79 Å². The van der Waals surface area contributed by atoms with Gasteiger partial charge < -0.3 is 14.4 Å². The van der Waals surface area contributed by atoms with Crippen molar-refractivity contribution in [3.05, 3.63) is 58.6 Å². The van der Waals surface area contributed by atoms with E-state index < -0.39 is 5.97 Å². The number of rotatable bonds is 7. The molecule has 0 aromatic heterocycles. The summed E-state index contributed by atoms with van der Waals surface area (Å²) in [6, 6.07) is 13.6. The zero-order valence-electron chi connectivity index (χ0n) is 15.1. The Morgan fingerprint density at radius 2 is 1.89 bits per heavy atom. The normalized spacial score (nSPS) is 10.0. The Morgan fingerprint density at radius 1 is 1.19 bits per heavy atom. The molecule has 0 atom stereocenters. The third kappa shape index (κ3) is 5.47. The fraction of sp³-hybridized carbons (Fsp3) is 0.250. The fourth-order valence-electron chi connectivity index (χ4n) is 2.38. The van der Waals surface area contributed by atoms with Gasteiger partial charge in [0.2, 0.25) is 0 Å². The van der Waals surface area contributed by atoms with E-state index in [9.17, 15) is 9.59 Å². The van der Waals surface area contributed by atoms with Crippen LogP contribution in [0.25, 0.3) is 0 Å². The Labute approximate surface area is 162 Å². The minimum absolute atomic E-state index is 0.196. The van der Waals surface area contributed by atoms with Gasteiger partial charge in [0, 0.05) is 17.3 Å². The molecule has 0 N–H and O–H groups in total. The molecule has 0 fully saturated rings. The summed E-state index contributed by atoms with van der Waals surface area (Å²) in [6.45, 7) is 1.89. The highest BCUT2D eigenvalue weighted by molar-refractivity contribution is 6.31. The summed E-state index contributed by atoms with van der Waals surface area (Å²) in [6.07, 6.45) is 0.196. The highest BCUT2D eigenvalue weighted by atomic mass is 35.5. The summed E-state index contributed by atoms with van der Waals surface area (Å²) >= 11 is 6.04. The number of esters is 1. The summed E-state index contributed by atoms with van der Waals surface area (Å²) in [4.78, 5) is 25.5. The molecule has 0 heterocycles. The quantitative estimate of drug-likeness (QED) is 0.677. The van der Waals surface area contributed by atoms with Crippen LogP contribution in [0.1, 0.15) is 22.3 Å². The lowest BCUT2D eigenvalue weighted by Gasteiger charge is -2.22. The predicted octanol–water partition coefficient (Wildman–Crippen LogP) is 3.76. The first-order chi connectivity index (χ1) is 13.0. The number of carbonyl (C=O) groups excluding carboxylic acids is 2. The van der Waals surface area contributed by atoms with Crippen molar-refractivity contribution in [1.29, 1.82) is 5.26 Å². The van der Waals surface area contributed by atoms with E-state index in [4.69, 9.17) is 21.6 Å². The molecule has 0 unspecified atom stereocenters. The van der Waals surface area contributed by atoms with Crippen LogP contribution >= 0.6 is 11.6 Å². The van der Waals surface area contributed by atoms with Gasteiger partial charge in [-0.15, -0.1) is 0 Å². The zero-order chi connectivity index (χ0) is 19.8. The Hall–Kier alpha value is -3.04. The summed E-state index contributed by atoms with van der Waals surface area (Å²) in [5.74, 6) is -0.286. The van der Waals surface area contributed by atoms with Gasteiger partial charge >= 0.3 is 5.97 Å². The van der Waals surface area contributed by atoms with Gasteiger partial charge in [-0.05, 0) is 55.0 Å². The van der Waals surface area contributed by atoms with E-state index in [1.54, 1.807) is 42.5 Å². The number of anilines is 1. The molecule has 0 saturated carbocycles. The van der Waals surface area contributed by atoms with Gasteiger partial charge in [-0.1, -0.05) is 11.6 Å². The van der Waals surface area contributed by atoms with Crippen LogP contribution < -0.4 is 9.64 Å². The topological polar surface area (TPSA) is 79.6 Å². The van der Waals surface area contributed by atoms with Gasteiger partial charge in [0.1, 0.15) is 5.75 Å².